The van der Waals surface area contributed by atoms with Gasteiger partial charge in [-0.2, -0.15) is 0 Å². The van der Waals surface area contributed by atoms with Gasteiger partial charge in [-0.05, 0) is 15.9 Å². The summed E-state index contributed by atoms with van der Waals surface area (Å²) < 4.78 is 0.0908. The van der Waals surface area contributed by atoms with Crippen molar-refractivity contribution in [1.29, 1.82) is 5.41 Å². The van der Waals surface area contributed by atoms with Gasteiger partial charge in [0, 0.05) is 0 Å². The number of nitrogens with one attached hydrogen (secondary N) is 1. The van der Waals surface area contributed by atoms with Crippen molar-refractivity contribution in [3.8, 4) is 0 Å². The quantitative estimate of drug-likeness (QED) is 0.589. The number of halogens is 1. The maximum absolute atomic E-state index is 7.19. The molecular weight excluding hydrogens is 210 g/mol. The van der Waals surface area contributed by atoms with Crippen molar-refractivity contribution < 1.29 is 0 Å². The average Bonchev–Trinajstić information content (AvgIpc) is 1.85. The zero-order valence-electron chi connectivity index (χ0n) is 5.50. The van der Waals surface area contributed by atoms with Gasteiger partial charge in [-0.3, -0.25) is 5.41 Å². The van der Waals surface area contributed by atoms with E-state index in [1.54, 1.807) is 0 Å². The van der Waals surface area contributed by atoms with Gasteiger partial charge < -0.3 is 11.5 Å². The molecule has 58 valence electrons. The molecule has 1 rings (SSSR count). The number of rotatable bonds is 1. The van der Waals surface area contributed by atoms with E-state index in [1.165, 1.54) is 6.33 Å². The minimum Gasteiger partial charge on any atom is -0.383 e. The molecule has 5 nitrogen and oxygen atoms in total. The van der Waals surface area contributed by atoms with Crippen molar-refractivity contribution in [2.75, 3.05) is 11.5 Å². The molecule has 0 bridgehead atoms. The maximum Gasteiger partial charge on any atom is 0.138 e. The molecule has 6 heteroatoms. The molecule has 1 heterocycles. The normalized spacial score (nSPS) is 9.55. The summed E-state index contributed by atoms with van der Waals surface area (Å²) in [5.74, 6) is 0.416. The second-order valence-electron chi connectivity index (χ2n) is 1.83. The molecule has 0 saturated heterocycles. The lowest BCUT2D eigenvalue weighted by atomic mass is 10.3. The Bertz CT molecular complexity index is 277. The van der Waals surface area contributed by atoms with Crippen LogP contribution in [0.2, 0.25) is 0 Å². The number of anilines is 2. The van der Waals surface area contributed by atoms with E-state index in [-0.39, 0.29) is 16.3 Å². The van der Waals surface area contributed by atoms with Crippen LogP contribution in [0, 0.1) is 5.41 Å². The van der Waals surface area contributed by atoms with Gasteiger partial charge >= 0.3 is 0 Å². The van der Waals surface area contributed by atoms with Crippen LogP contribution in [-0.2, 0) is 0 Å². The molecule has 0 unspecified atom stereocenters. The summed E-state index contributed by atoms with van der Waals surface area (Å²) in [5.41, 5.74) is 11.2. The number of hydrogen-bond donors (Lipinski definition) is 3. The standard InChI is InChI=1S/C5H6BrN5/c6-3(7)2-4(8)10-1-11-5(2)9/h1,7H,(H4,8,9,10,11). The van der Waals surface area contributed by atoms with Crippen LogP contribution in [-0.4, -0.2) is 14.6 Å². The molecule has 0 saturated carbocycles. The summed E-state index contributed by atoms with van der Waals surface area (Å²) in [7, 11) is 0. The first-order valence-corrected chi connectivity index (χ1v) is 3.52. The van der Waals surface area contributed by atoms with Crippen molar-refractivity contribution in [2.45, 2.75) is 0 Å². The first kappa shape index (κ1) is 7.93. The smallest absolute Gasteiger partial charge is 0.138 e. The Balaban J connectivity index is 3.32. The van der Waals surface area contributed by atoms with Crippen molar-refractivity contribution >= 4 is 32.2 Å². The van der Waals surface area contributed by atoms with Gasteiger partial charge in [0.25, 0.3) is 0 Å². The monoisotopic (exact) mass is 215 g/mol. The molecule has 0 amide bonds. The fourth-order valence-corrected chi connectivity index (χ4v) is 1.04. The summed E-state index contributed by atoms with van der Waals surface area (Å²) in [6.07, 6.45) is 1.25. The lowest BCUT2D eigenvalue weighted by Crippen LogP contribution is -2.06. The van der Waals surface area contributed by atoms with Crippen molar-refractivity contribution in [3.63, 3.8) is 0 Å². The molecule has 5 N–H and O–H groups in total. The van der Waals surface area contributed by atoms with Crippen LogP contribution in [0.4, 0.5) is 11.6 Å². The van der Waals surface area contributed by atoms with E-state index in [0.717, 1.165) is 0 Å². The Kier molecular flexibility index (Phi) is 2.04. The number of aromatic nitrogens is 2. The lowest BCUT2D eigenvalue weighted by Gasteiger charge is -2.02. The predicted octanol–water partition coefficient (Wildman–Crippen LogP) is 0.361. The van der Waals surface area contributed by atoms with E-state index < -0.39 is 0 Å². The Morgan fingerprint density at radius 3 is 2.09 bits per heavy atom. The fourth-order valence-electron chi connectivity index (χ4n) is 0.638. The fraction of sp³-hybridized carbons (Fsp3) is 0. The molecule has 0 fully saturated rings. The molecule has 1 aromatic rings. The van der Waals surface area contributed by atoms with Crippen molar-refractivity contribution in [2.24, 2.45) is 0 Å². The van der Waals surface area contributed by atoms with Crippen LogP contribution in [0.1, 0.15) is 5.56 Å². The van der Waals surface area contributed by atoms with E-state index in [1.807, 2.05) is 0 Å². The topological polar surface area (TPSA) is 102 Å². The lowest BCUT2D eigenvalue weighted by molar-refractivity contribution is 1.18. The molecule has 1 aromatic heterocycles. The average molecular weight is 216 g/mol. The van der Waals surface area contributed by atoms with Gasteiger partial charge in [0.2, 0.25) is 0 Å². The molecule has 0 aromatic carbocycles. The minimum absolute atomic E-state index is 0.0908. The molecule has 0 aliphatic heterocycles. The van der Waals surface area contributed by atoms with Crippen LogP contribution >= 0.6 is 15.9 Å². The van der Waals surface area contributed by atoms with Crippen LogP contribution in [0.3, 0.4) is 0 Å². The van der Waals surface area contributed by atoms with Crippen LogP contribution < -0.4 is 11.5 Å². The summed E-state index contributed by atoms with van der Waals surface area (Å²) in [6.45, 7) is 0. The third-order valence-corrected chi connectivity index (χ3v) is 1.52. The van der Waals surface area contributed by atoms with E-state index in [4.69, 9.17) is 16.9 Å². The number of nitrogens with zero attached hydrogens (tertiary/aromatic N) is 2. The molecular formula is C5H6BrN5. The van der Waals surface area contributed by atoms with Crippen LogP contribution in [0.25, 0.3) is 0 Å². The second kappa shape index (κ2) is 2.83. The number of nitrogens with two attached hydrogens (primary N) is 2. The molecule has 0 aliphatic rings. The van der Waals surface area contributed by atoms with Gasteiger partial charge in [-0.1, -0.05) is 0 Å². The highest BCUT2D eigenvalue weighted by Crippen LogP contribution is 2.16. The zero-order valence-corrected chi connectivity index (χ0v) is 7.09. The van der Waals surface area contributed by atoms with Crippen LogP contribution in [0.5, 0.6) is 0 Å². The summed E-state index contributed by atoms with van der Waals surface area (Å²) in [4.78, 5) is 7.35. The third-order valence-electron chi connectivity index (χ3n) is 1.13. The van der Waals surface area contributed by atoms with E-state index in [9.17, 15) is 0 Å². The van der Waals surface area contributed by atoms with Gasteiger partial charge in [0.15, 0.2) is 0 Å². The third kappa shape index (κ3) is 1.45. The second-order valence-corrected chi connectivity index (χ2v) is 2.63. The Labute approximate surface area is 71.5 Å². The first-order valence-electron chi connectivity index (χ1n) is 2.73. The molecule has 0 aliphatic carbocycles. The molecule has 11 heavy (non-hydrogen) atoms. The van der Waals surface area contributed by atoms with Crippen molar-refractivity contribution in [1.82, 2.24) is 9.97 Å². The highest BCUT2D eigenvalue weighted by molar-refractivity contribution is 9.18. The number of hydrogen-bond acceptors (Lipinski definition) is 5. The SMILES string of the molecule is N=C(Br)c1c(N)ncnc1N. The van der Waals surface area contributed by atoms with Gasteiger partial charge in [0.1, 0.15) is 22.6 Å². The molecule has 0 radical (unpaired) electrons. The minimum atomic E-state index is 0.0908. The highest BCUT2D eigenvalue weighted by Gasteiger charge is 2.08. The predicted molar refractivity (Wildman–Crippen MR) is 46.6 cm³/mol. The van der Waals surface area contributed by atoms with E-state index in [2.05, 4.69) is 25.9 Å². The zero-order chi connectivity index (χ0) is 8.43. The Hall–Kier alpha value is -1.17. The van der Waals surface area contributed by atoms with Gasteiger partial charge in [-0.15, -0.1) is 0 Å². The van der Waals surface area contributed by atoms with Gasteiger partial charge in [0.05, 0.1) is 5.56 Å². The van der Waals surface area contributed by atoms with E-state index >= 15 is 0 Å². The summed E-state index contributed by atoms with van der Waals surface area (Å²) in [6, 6.07) is 0. The largest absolute Gasteiger partial charge is 0.383 e. The van der Waals surface area contributed by atoms with Gasteiger partial charge in [-0.25, -0.2) is 9.97 Å². The maximum atomic E-state index is 7.19. The first-order chi connectivity index (χ1) is 5.13. The van der Waals surface area contributed by atoms with Crippen molar-refractivity contribution in [3.05, 3.63) is 11.9 Å². The molecule has 0 atom stereocenters. The Morgan fingerprint density at radius 2 is 1.82 bits per heavy atom. The Morgan fingerprint density at radius 1 is 1.36 bits per heavy atom. The number of nitrogen functional groups attached to an aromatic ring is 2. The van der Waals surface area contributed by atoms with Crippen LogP contribution in [0.15, 0.2) is 6.33 Å². The highest BCUT2D eigenvalue weighted by atomic mass is 79.9. The molecule has 0 spiro atoms. The summed E-state index contributed by atoms with van der Waals surface area (Å²) >= 11 is 2.93. The van der Waals surface area contributed by atoms with E-state index in [0.29, 0.717) is 5.56 Å². The summed E-state index contributed by atoms with van der Waals surface area (Å²) in [5, 5.41) is 7.19.